The Kier molecular flexibility index (Phi) is 5.67. The fourth-order valence-electron chi connectivity index (χ4n) is 2.98. The first-order chi connectivity index (χ1) is 12.2. The van der Waals surface area contributed by atoms with Gasteiger partial charge in [-0.15, -0.1) is 11.3 Å². The van der Waals surface area contributed by atoms with E-state index in [0.717, 1.165) is 27.3 Å². The van der Waals surface area contributed by atoms with Gasteiger partial charge in [0.1, 0.15) is 6.04 Å². The highest BCUT2D eigenvalue weighted by Gasteiger charge is 2.36. The van der Waals surface area contributed by atoms with E-state index >= 15 is 0 Å². The van der Waals surface area contributed by atoms with Crippen molar-refractivity contribution in [3.63, 3.8) is 0 Å². The summed E-state index contributed by atoms with van der Waals surface area (Å²) in [7, 11) is -3.39. The van der Waals surface area contributed by atoms with Crippen molar-refractivity contribution in [3.05, 3.63) is 45.4 Å². The van der Waals surface area contributed by atoms with Crippen molar-refractivity contribution in [2.45, 2.75) is 32.2 Å². The second-order valence-corrected chi connectivity index (χ2v) is 9.87. The third-order valence-electron chi connectivity index (χ3n) is 4.33. The fraction of sp³-hybridized carbons (Fsp3) is 0.412. The molecule has 0 bridgehead atoms. The van der Waals surface area contributed by atoms with Gasteiger partial charge in [0.15, 0.2) is 5.13 Å². The SMILES string of the molecule is Cc1ccc(Cc2cnc(NC(=O)C3CCCN3S(C)(=O)=O)s2)cc1Cl. The van der Waals surface area contributed by atoms with E-state index in [-0.39, 0.29) is 5.91 Å². The normalized spacial score (nSPS) is 18.2. The Balaban J connectivity index is 1.66. The van der Waals surface area contributed by atoms with Crippen molar-refractivity contribution in [2.24, 2.45) is 0 Å². The highest BCUT2D eigenvalue weighted by molar-refractivity contribution is 7.88. The van der Waals surface area contributed by atoms with Gasteiger partial charge in [-0.2, -0.15) is 4.31 Å². The molecule has 0 spiro atoms. The van der Waals surface area contributed by atoms with Crippen molar-refractivity contribution in [1.29, 1.82) is 0 Å². The van der Waals surface area contributed by atoms with Crippen molar-refractivity contribution >= 4 is 44.0 Å². The number of benzene rings is 1. The highest BCUT2D eigenvalue weighted by atomic mass is 35.5. The van der Waals surface area contributed by atoms with Gasteiger partial charge in [-0.25, -0.2) is 13.4 Å². The van der Waals surface area contributed by atoms with Crippen molar-refractivity contribution in [3.8, 4) is 0 Å². The number of hydrogen-bond acceptors (Lipinski definition) is 5. The molecule has 1 aliphatic heterocycles. The second kappa shape index (κ2) is 7.64. The minimum atomic E-state index is -3.39. The Morgan fingerprint density at radius 2 is 2.23 bits per heavy atom. The summed E-state index contributed by atoms with van der Waals surface area (Å²) in [6.07, 6.45) is 4.73. The second-order valence-electron chi connectivity index (χ2n) is 6.41. The van der Waals surface area contributed by atoms with Gasteiger partial charge < -0.3 is 5.32 Å². The fourth-order valence-corrected chi connectivity index (χ4v) is 5.16. The maximum absolute atomic E-state index is 12.5. The average Bonchev–Trinajstić information content (AvgIpc) is 3.20. The number of nitrogens with zero attached hydrogens (tertiary/aromatic N) is 2. The number of thiazole rings is 1. The first-order valence-electron chi connectivity index (χ1n) is 8.21. The topological polar surface area (TPSA) is 79.4 Å². The van der Waals surface area contributed by atoms with Crippen molar-refractivity contribution < 1.29 is 13.2 Å². The molecule has 0 aliphatic carbocycles. The van der Waals surface area contributed by atoms with Crippen LogP contribution in [0.1, 0.15) is 28.8 Å². The van der Waals surface area contributed by atoms with Crippen LogP contribution in [0.5, 0.6) is 0 Å². The molecule has 140 valence electrons. The number of rotatable bonds is 5. The number of carbonyl (C=O) groups is 1. The predicted octanol–water partition coefficient (Wildman–Crippen LogP) is 3.06. The lowest BCUT2D eigenvalue weighted by Crippen LogP contribution is -2.42. The summed E-state index contributed by atoms with van der Waals surface area (Å²) in [4.78, 5) is 17.7. The van der Waals surface area contributed by atoms with Gasteiger partial charge in [-0.3, -0.25) is 4.79 Å². The summed E-state index contributed by atoms with van der Waals surface area (Å²) in [6, 6.07) is 5.26. The largest absolute Gasteiger partial charge is 0.301 e. The summed E-state index contributed by atoms with van der Waals surface area (Å²) in [5.41, 5.74) is 2.10. The van der Waals surface area contributed by atoms with Crippen LogP contribution in [0.25, 0.3) is 0 Å². The molecule has 1 aromatic heterocycles. The quantitative estimate of drug-likeness (QED) is 0.816. The minimum Gasteiger partial charge on any atom is -0.301 e. The minimum absolute atomic E-state index is 0.327. The monoisotopic (exact) mass is 413 g/mol. The standard InChI is InChI=1S/C17H20ClN3O3S2/c1-11-5-6-12(9-14(11)18)8-13-10-19-17(25-13)20-16(22)15-4-3-7-21(15)26(2,23)24/h5-6,9-10,15H,3-4,7-8H2,1-2H3,(H,19,20,22). The lowest BCUT2D eigenvalue weighted by molar-refractivity contribution is -0.119. The van der Waals surface area contributed by atoms with E-state index in [9.17, 15) is 13.2 Å². The predicted molar refractivity (Wildman–Crippen MR) is 104 cm³/mol. The lowest BCUT2D eigenvalue weighted by atomic mass is 10.1. The number of aryl methyl sites for hydroxylation is 1. The first-order valence-corrected chi connectivity index (χ1v) is 11.3. The summed E-state index contributed by atoms with van der Waals surface area (Å²) in [5, 5.41) is 3.95. The molecule has 1 unspecified atom stereocenters. The Bertz CT molecular complexity index is 927. The Morgan fingerprint density at radius 1 is 1.46 bits per heavy atom. The maximum atomic E-state index is 12.5. The Morgan fingerprint density at radius 3 is 2.92 bits per heavy atom. The van der Waals surface area contributed by atoms with Crippen molar-refractivity contribution in [2.75, 3.05) is 18.1 Å². The van der Waals surface area contributed by atoms with Gasteiger partial charge in [0.05, 0.1) is 6.26 Å². The zero-order chi connectivity index (χ0) is 18.9. The number of amides is 1. The van der Waals surface area contributed by atoms with Crippen LogP contribution in [0.3, 0.4) is 0 Å². The van der Waals surface area contributed by atoms with Crippen LogP contribution in [-0.2, 0) is 21.2 Å². The first kappa shape index (κ1) is 19.3. The summed E-state index contributed by atoms with van der Waals surface area (Å²) in [6.45, 7) is 2.34. The van der Waals surface area contributed by atoms with Gasteiger partial charge in [-0.1, -0.05) is 23.7 Å². The average molecular weight is 414 g/mol. The van der Waals surface area contributed by atoms with Gasteiger partial charge in [0.25, 0.3) is 0 Å². The van der Waals surface area contributed by atoms with Crippen molar-refractivity contribution in [1.82, 2.24) is 9.29 Å². The molecule has 1 atom stereocenters. The van der Waals surface area contributed by atoms with E-state index in [1.807, 2.05) is 25.1 Å². The molecular weight excluding hydrogens is 394 g/mol. The third-order valence-corrected chi connectivity index (χ3v) is 6.94. The van der Waals surface area contributed by atoms with Crippen LogP contribution < -0.4 is 5.32 Å². The summed E-state index contributed by atoms with van der Waals surface area (Å²) < 4.78 is 24.8. The molecule has 1 aliphatic rings. The van der Waals surface area contributed by atoms with Gasteiger partial charge in [0.2, 0.25) is 15.9 Å². The molecule has 2 heterocycles. The van der Waals surface area contributed by atoms with E-state index in [1.165, 1.54) is 15.6 Å². The van der Waals surface area contributed by atoms with E-state index in [4.69, 9.17) is 11.6 Å². The third kappa shape index (κ3) is 4.43. The number of aromatic nitrogens is 1. The molecule has 1 N–H and O–H groups in total. The van der Waals surface area contributed by atoms with Crippen LogP contribution in [-0.4, -0.2) is 42.5 Å². The van der Waals surface area contributed by atoms with Gasteiger partial charge in [-0.05, 0) is 37.0 Å². The molecule has 1 fully saturated rings. The zero-order valence-corrected chi connectivity index (χ0v) is 16.9. The molecule has 9 heteroatoms. The smallest absolute Gasteiger partial charge is 0.244 e. The number of carbonyl (C=O) groups excluding carboxylic acids is 1. The highest BCUT2D eigenvalue weighted by Crippen LogP contribution is 2.26. The van der Waals surface area contributed by atoms with E-state index in [1.54, 1.807) is 6.20 Å². The Labute approximate surface area is 162 Å². The zero-order valence-electron chi connectivity index (χ0n) is 14.5. The van der Waals surface area contributed by atoms with E-state index in [0.29, 0.717) is 30.9 Å². The Hall–Kier alpha value is -1.48. The maximum Gasteiger partial charge on any atom is 0.244 e. The number of hydrogen-bond donors (Lipinski definition) is 1. The number of anilines is 1. The van der Waals surface area contributed by atoms with Crippen LogP contribution in [0, 0.1) is 6.92 Å². The molecule has 3 rings (SSSR count). The lowest BCUT2D eigenvalue weighted by Gasteiger charge is -2.20. The molecule has 1 amide bonds. The number of halogens is 1. The molecule has 1 aromatic carbocycles. The van der Waals surface area contributed by atoms with Gasteiger partial charge >= 0.3 is 0 Å². The number of sulfonamides is 1. The summed E-state index contributed by atoms with van der Waals surface area (Å²) >= 11 is 7.53. The van der Waals surface area contributed by atoms with Crippen LogP contribution >= 0.6 is 22.9 Å². The summed E-state index contributed by atoms with van der Waals surface area (Å²) in [5.74, 6) is -0.327. The number of nitrogens with one attached hydrogen (secondary N) is 1. The molecule has 0 radical (unpaired) electrons. The van der Waals surface area contributed by atoms with Crippen LogP contribution in [0.15, 0.2) is 24.4 Å². The molecule has 26 heavy (non-hydrogen) atoms. The van der Waals surface area contributed by atoms with E-state index in [2.05, 4.69) is 10.3 Å². The van der Waals surface area contributed by atoms with Crippen LogP contribution in [0.4, 0.5) is 5.13 Å². The van der Waals surface area contributed by atoms with Gasteiger partial charge in [0, 0.05) is 29.1 Å². The molecule has 0 saturated carbocycles. The molecule has 1 saturated heterocycles. The molecule has 2 aromatic rings. The van der Waals surface area contributed by atoms with Crippen LogP contribution in [0.2, 0.25) is 5.02 Å². The molecule has 6 nitrogen and oxygen atoms in total. The molecular formula is C17H20ClN3O3S2. The van der Waals surface area contributed by atoms with E-state index < -0.39 is 16.1 Å².